The number of rotatable bonds is 6. The Labute approximate surface area is 108 Å². The van der Waals surface area contributed by atoms with E-state index in [2.05, 4.69) is 5.32 Å². The van der Waals surface area contributed by atoms with Gasteiger partial charge in [0.15, 0.2) is 0 Å². The van der Waals surface area contributed by atoms with Gasteiger partial charge in [0.25, 0.3) is 5.91 Å². The van der Waals surface area contributed by atoms with Crippen molar-refractivity contribution in [2.24, 2.45) is 0 Å². The fourth-order valence-electron chi connectivity index (χ4n) is 1.14. The molecule has 0 fully saturated rings. The molecule has 2 N–H and O–H groups in total. The number of ether oxygens (including phenoxy) is 1. The SMILES string of the molecule is O=C(O)COCCNC(=O)c1ccc(Cl)c(F)c1. The van der Waals surface area contributed by atoms with Gasteiger partial charge in [-0.05, 0) is 18.2 Å². The van der Waals surface area contributed by atoms with Gasteiger partial charge in [0.05, 0.1) is 11.6 Å². The van der Waals surface area contributed by atoms with Crippen LogP contribution in [0.25, 0.3) is 0 Å². The average Bonchev–Trinajstić information content (AvgIpc) is 2.31. The highest BCUT2D eigenvalue weighted by atomic mass is 35.5. The smallest absolute Gasteiger partial charge is 0.329 e. The third-order valence-corrected chi connectivity index (χ3v) is 2.25. The highest BCUT2D eigenvalue weighted by Gasteiger charge is 2.08. The van der Waals surface area contributed by atoms with Crippen molar-refractivity contribution in [1.82, 2.24) is 5.32 Å². The van der Waals surface area contributed by atoms with Gasteiger partial charge in [0.2, 0.25) is 0 Å². The maximum atomic E-state index is 13.1. The Morgan fingerprint density at radius 3 is 2.78 bits per heavy atom. The van der Waals surface area contributed by atoms with Crippen LogP contribution in [0.4, 0.5) is 4.39 Å². The van der Waals surface area contributed by atoms with Gasteiger partial charge in [-0.3, -0.25) is 4.79 Å². The van der Waals surface area contributed by atoms with E-state index in [0.29, 0.717) is 0 Å². The van der Waals surface area contributed by atoms with Crippen LogP contribution in [0.15, 0.2) is 18.2 Å². The van der Waals surface area contributed by atoms with E-state index in [4.69, 9.17) is 21.4 Å². The summed E-state index contributed by atoms with van der Waals surface area (Å²) in [5, 5.41) is 10.7. The molecule has 0 saturated carbocycles. The number of amides is 1. The quantitative estimate of drug-likeness (QED) is 0.768. The minimum Gasteiger partial charge on any atom is -0.480 e. The van der Waals surface area contributed by atoms with Crippen molar-refractivity contribution in [3.63, 3.8) is 0 Å². The second-order valence-electron chi connectivity index (χ2n) is 3.33. The van der Waals surface area contributed by atoms with Crippen LogP contribution < -0.4 is 5.32 Å². The van der Waals surface area contributed by atoms with Crippen molar-refractivity contribution in [3.05, 3.63) is 34.6 Å². The first-order chi connectivity index (χ1) is 8.50. The normalized spacial score (nSPS) is 10.1. The lowest BCUT2D eigenvalue weighted by Gasteiger charge is -2.05. The predicted octanol–water partition coefficient (Wildman–Crippen LogP) is 1.31. The molecule has 0 radical (unpaired) electrons. The number of nitrogens with one attached hydrogen (secondary N) is 1. The zero-order valence-electron chi connectivity index (χ0n) is 9.28. The summed E-state index contributed by atoms with van der Waals surface area (Å²) in [6.07, 6.45) is 0. The number of carbonyl (C=O) groups excluding carboxylic acids is 1. The number of aliphatic carboxylic acids is 1. The molecule has 0 aliphatic heterocycles. The molecule has 0 spiro atoms. The molecule has 0 aromatic heterocycles. The third kappa shape index (κ3) is 4.68. The Morgan fingerprint density at radius 1 is 1.44 bits per heavy atom. The summed E-state index contributed by atoms with van der Waals surface area (Å²) in [5.41, 5.74) is 0.134. The zero-order valence-corrected chi connectivity index (χ0v) is 10.0. The van der Waals surface area contributed by atoms with Crippen molar-refractivity contribution in [3.8, 4) is 0 Å². The average molecular weight is 276 g/mol. The van der Waals surface area contributed by atoms with Gasteiger partial charge in [-0.2, -0.15) is 0 Å². The number of benzene rings is 1. The molecule has 0 heterocycles. The molecule has 0 aliphatic carbocycles. The number of hydrogen-bond donors (Lipinski definition) is 2. The molecule has 18 heavy (non-hydrogen) atoms. The molecule has 0 saturated heterocycles. The van der Waals surface area contributed by atoms with Gasteiger partial charge in [-0.15, -0.1) is 0 Å². The van der Waals surface area contributed by atoms with Crippen molar-refractivity contribution in [1.29, 1.82) is 0 Å². The monoisotopic (exact) mass is 275 g/mol. The minimum atomic E-state index is -1.08. The fourth-order valence-corrected chi connectivity index (χ4v) is 1.25. The number of carboxylic acid groups (broad SMARTS) is 1. The van der Waals surface area contributed by atoms with Crippen LogP contribution in [0, 0.1) is 5.82 Å². The summed E-state index contributed by atoms with van der Waals surface area (Å²) < 4.78 is 17.8. The first-order valence-electron chi connectivity index (χ1n) is 5.03. The lowest BCUT2D eigenvalue weighted by molar-refractivity contribution is -0.142. The standard InChI is InChI=1S/C11H11ClFNO4/c12-8-2-1-7(5-9(8)13)11(17)14-3-4-18-6-10(15)16/h1-2,5H,3-4,6H2,(H,14,17)(H,15,16). The van der Waals surface area contributed by atoms with Crippen LogP contribution in [0.2, 0.25) is 5.02 Å². The second kappa shape index (κ2) is 6.93. The molecule has 98 valence electrons. The van der Waals surface area contributed by atoms with E-state index < -0.39 is 24.3 Å². The van der Waals surface area contributed by atoms with E-state index in [-0.39, 0.29) is 23.7 Å². The molecule has 1 aromatic carbocycles. The number of carbonyl (C=O) groups is 2. The lowest BCUT2D eigenvalue weighted by atomic mass is 10.2. The van der Waals surface area contributed by atoms with Gasteiger partial charge >= 0.3 is 5.97 Å². The fraction of sp³-hybridized carbons (Fsp3) is 0.273. The van der Waals surface area contributed by atoms with Gasteiger partial charge in [-0.1, -0.05) is 11.6 Å². The maximum Gasteiger partial charge on any atom is 0.329 e. The summed E-state index contributed by atoms with van der Waals surface area (Å²) in [6, 6.07) is 3.70. The van der Waals surface area contributed by atoms with Crippen LogP contribution >= 0.6 is 11.6 Å². The van der Waals surface area contributed by atoms with Crippen molar-refractivity contribution in [2.45, 2.75) is 0 Å². The van der Waals surface area contributed by atoms with Crippen molar-refractivity contribution >= 4 is 23.5 Å². The van der Waals surface area contributed by atoms with E-state index in [9.17, 15) is 14.0 Å². The lowest BCUT2D eigenvalue weighted by Crippen LogP contribution is -2.28. The van der Waals surface area contributed by atoms with Crippen LogP contribution in [0.3, 0.4) is 0 Å². The molecule has 1 rings (SSSR count). The summed E-state index contributed by atoms with van der Waals surface area (Å²) in [6.45, 7) is -0.226. The molecular weight excluding hydrogens is 265 g/mol. The Bertz CT molecular complexity index is 453. The first-order valence-corrected chi connectivity index (χ1v) is 5.41. The van der Waals surface area contributed by atoms with Crippen LogP contribution in [-0.2, 0) is 9.53 Å². The van der Waals surface area contributed by atoms with Crippen molar-refractivity contribution in [2.75, 3.05) is 19.8 Å². The van der Waals surface area contributed by atoms with Crippen LogP contribution in [0.1, 0.15) is 10.4 Å². The molecule has 0 unspecified atom stereocenters. The molecule has 0 atom stereocenters. The summed E-state index contributed by atoms with van der Waals surface area (Å²) in [5.74, 6) is -2.24. The van der Waals surface area contributed by atoms with Gasteiger partial charge < -0.3 is 15.2 Å². The predicted molar refractivity (Wildman–Crippen MR) is 62.2 cm³/mol. The van der Waals surface area contributed by atoms with Gasteiger partial charge in [0.1, 0.15) is 12.4 Å². The van der Waals surface area contributed by atoms with Crippen LogP contribution in [0.5, 0.6) is 0 Å². The number of halogens is 2. The molecule has 1 amide bonds. The molecule has 0 bridgehead atoms. The Hall–Kier alpha value is -1.66. The topological polar surface area (TPSA) is 75.6 Å². The highest BCUT2D eigenvalue weighted by Crippen LogP contribution is 2.15. The summed E-state index contributed by atoms with van der Waals surface area (Å²) >= 11 is 5.48. The Kier molecular flexibility index (Phi) is 5.54. The summed E-state index contributed by atoms with van der Waals surface area (Å²) in [4.78, 5) is 21.6. The molecule has 5 nitrogen and oxygen atoms in total. The molecular formula is C11H11ClFNO4. The van der Waals surface area contributed by atoms with Crippen LogP contribution in [-0.4, -0.2) is 36.7 Å². The van der Waals surface area contributed by atoms with E-state index in [1.165, 1.54) is 12.1 Å². The molecule has 1 aromatic rings. The van der Waals surface area contributed by atoms with E-state index in [1.807, 2.05) is 0 Å². The zero-order chi connectivity index (χ0) is 13.5. The van der Waals surface area contributed by atoms with Crippen molar-refractivity contribution < 1.29 is 23.8 Å². The highest BCUT2D eigenvalue weighted by molar-refractivity contribution is 6.30. The van der Waals surface area contributed by atoms with E-state index in [0.717, 1.165) is 6.07 Å². The number of carboxylic acids is 1. The van der Waals surface area contributed by atoms with E-state index >= 15 is 0 Å². The maximum absolute atomic E-state index is 13.1. The Balaban J connectivity index is 2.36. The first kappa shape index (κ1) is 14.4. The molecule has 0 aliphatic rings. The minimum absolute atomic E-state index is 0.0589. The second-order valence-corrected chi connectivity index (χ2v) is 3.74. The summed E-state index contributed by atoms with van der Waals surface area (Å²) in [7, 11) is 0. The van der Waals surface area contributed by atoms with E-state index in [1.54, 1.807) is 0 Å². The largest absolute Gasteiger partial charge is 0.480 e. The Morgan fingerprint density at radius 2 is 2.17 bits per heavy atom. The third-order valence-electron chi connectivity index (χ3n) is 1.94. The van der Waals surface area contributed by atoms with Gasteiger partial charge in [0, 0.05) is 12.1 Å². The molecule has 7 heteroatoms. The van der Waals surface area contributed by atoms with Gasteiger partial charge in [-0.25, -0.2) is 9.18 Å². The number of hydrogen-bond acceptors (Lipinski definition) is 3.